The molecule has 1 heterocycles. The summed E-state index contributed by atoms with van der Waals surface area (Å²) in [7, 11) is 1.54. The molecule has 0 radical (unpaired) electrons. The quantitative estimate of drug-likeness (QED) is 0.576. The van der Waals surface area contributed by atoms with Crippen LogP contribution < -0.4 is 15.4 Å². The van der Waals surface area contributed by atoms with E-state index in [1.807, 2.05) is 0 Å². The number of thioether (sulfide) groups is 1. The number of anilines is 1. The van der Waals surface area contributed by atoms with Gasteiger partial charge in [-0.1, -0.05) is 0 Å². The summed E-state index contributed by atoms with van der Waals surface area (Å²) in [6.45, 7) is 1.95. The predicted octanol–water partition coefficient (Wildman–Crippen LogP) is 0.951. The van der Waals surface area contributed by atoms with Crippen LogP contribution in [0.4, 0.5) is 5.69 Å². The number of hydrogen-bond acceptors (Lipinski definition) is 7. The Kier molecular flexibility index (Phi) is 6.22. The number of carbonyl (C=O) groups excluding carboxylic acids is 3. The lowest BCUT2D eigenvalue weighted by atomic mass is 10.3. The lowest BCUT2D eigenvalue weighted by molar-refractivity contribution is -0.144. The van der Waals surface area contributed by atoms with Crippen LogP contribution in [0.3, 0.4) is 0 Å². The highest BCUT2D eigenvalue weighted by Gasteiger charge is 2.40. The SMILES string of the molecule is CCOC(=O)[C@@H](N)CSC1CC(=O)N(c2ccc(OC)cc2)C1=O. The van der Waals surface area contributed by atoms with Gasteiger partial charge in [0.2, 0.25) is 11.8 Å². The molecule has 2 N–H and O–H groups in total. The van der Waals surface area contributed by atoms with Crippen LogP contribution in [0.1, 0.15) is 13.3 Å². The zero-order valence-corrected chi connectivity index (χ0v) is 14.4. The molecule has 2 rings (SSSR count). The van der Waals surface area contributed by atoms with Crippen LogP contribution in [0.2, 0.25) is 0 Å². The van der Waals surface area contributed by atoms with E-state index in [1.54, 1.807) is 38.3 Å². The predicted molar refractivity (Wildman–Crippen MR) is 91.0 cm³/mol. The van der Waals surface area contributed by atoms with Gasteiger partial charge in [0.25, 0.3) is 0 Å². The molecule has 0 aromatic heterocycles. The van der Waals surface area contributed by atoms with Crippen molar-refractivity contribution in [2.24, 2.45) is 5.73 Å². The van der Waals surface area contributed by atoms with Crippen molar-refractivity contribution in [3.8, 4) is 5.75 Å². The molecule has 1 unspecified atom stereocenters. The van der Waals surface area contributed by atoms with Gasteiger partial charge in [0.15, 0.2) is 0 Å². The number of imide groups is 1. The molecule has 7 nitrogen and oxygen atoms in total. The van der Waals surface area contributed by atoms with Crippen LogP contribution >= 0.6 is 11.8 Å². The van der Waals surface area contributed by atoms with Gasteiger partial charge in [0.1, 0.15) is 11.8 Å². The molecule has 0 aliphatic carbocycles. The van der Waals surface area contributed by atoms with Crippen LogP contribution in [0.15, 0.2) is 24.3 Å². The second kappa shape index (κ2) is 8.16. The van der Waals surface area contributed by atoms with Crippen LogP contribution in [0.5, 0.6) is 5.75 Å². The summed E-state index contributed by atoms with van der Waals surface area (Å²) in [6.07, 6.45) is 0.0884. The van der Waals surface area contributed by atoms with Gasteiger partial charge < -0.3 is 15.2 Å². The fourth-order valence-corrected chi connectivity index (χ4v) is 3.36. The maximum absolute atomic E-state index is 12.5. The van der Waals surface area contributed by atoms with Crippen molar-refractivity contribution in [2.45, 2.75) is 24.6 Å². The molecular formula is C16H20N2O5S. The molecule has 2 atom stereocenters. The molecule has 2 amide bonds. The van der Waals surface area contributed by atoms with E-state index in [0.29, 0.717) is 11.4 Å². The molecular weight excluding hydrogens is 332 g/mol. The fraction of sp³-hybridized carbons (Fsp3) is 0.438. The largest absolute Gasteiger partial charge is 0.497 e. The van der Waals surface area contributed by atoms with Crippen molar-refractivity contribution in [3.05, 3.63) is 24.3 Å². The fourth-order valence-electron chi connectivity index (χ4n) is 2.27. The molecule has 0 spiro atoms. The zero-order chi connectivity index (χ0) is 17.7. The first-order chi connectivity index (χ1) is 11.5. The second-order valence-electron chi connectivity index (χ2n) is 5.15. The molecule has 1 fully saturated rings. The van der Waals surface area contributed by atoms with Gasteiger partial charge in [0, 0.05) is 12.2 Å². The minimum Gasteiger partial charge on any atom is -0.497 e. The molecule has 1 aliphatic rings. The smallest absolute Gasteiger partial charge is 0.323 e. The van der Waals surface area contributed by atoms with E-state index in [2.05, 4.69) is 0 Å². The van der Waals surface area contributed by atoms with Crippen LogP contribution in [-0.2, 0) is 19.1 Å². The highest BCUT2D eigenvalue weighted by molar-refractivity contribution is 8.00. The molecule has 1 aliphatic heterocycles. The van der Waals surface area contributed by atoms with Gasteiger partial charge >= 0.3 is 5.97 Å². The molecule has 130 valence electrons. The van der Waals surface area contributed by atoms with E-state index in [0.717, 1.165) is 4.90 Å². The van der Waals surface area contributed by atoms with Gasteiger partial charge in [-0.05, 0) is 31.2 Å². The summed E-state index contributed by atoms with van der Waals surface area (Å²) in [5, 5.41) is -0.542. The van der Waals surface area contributed by atoms with E-state index < -0.39 is 17.3 Å². The standard InChI is InChI=1S/C16H20N2O5S/c1-3-23-16(21)12(17)9-24-13-8-14(19)18(15(13)20)10-4-6-11(22-2)7-5-10/h4-7,12-13H,3,8-9,17H2,1-2H3/t12-,13?/m0/s1. The Bertz CT molecular complexity index is 619. The van der Waals surface area contributed by atoms with Crippen molar-refractivity contribution in [2.75, 3.05) is 24.4 Å². The first kappa shape index (κ1) is 18.3. The maximum Gasteiger partial charge on any atom is 0.323 e. The van der Waals surface area contributed by atoms with Crippen LogP contribution in [0, 0.1) is 0 Å². The number of nitrogens with zero attached hydrogens (tertiary/aromatic N) is 1. The third kappa shape index (κ3) is 4.07. The number of carbonyl (C=O) groups is 3. The monoisotopic (exact) mass is 352 g/mol. The third-order valence-corrected chi connectivity index (χ3v) is 4.82. The number of benzene rings is 1. The molecule has 0 saturated carbocycles. The lowest BCUT2D eigenvalue weighted by Crippen LogP contribution is -2.36. The molecule has 24 heavy (non-hydrogen) atoms. The molecule has 1 aromatic carbocycles. The number of esters is 1. The minimum atomic E-state index is -0.812. The minimum absolute atomic E-state index is 0.0884. The number of ether oxygens (including phenoxy) is 2. The van der Waals surface area contributed by atoms with Crippen molar-refractivity contribution in [1.82, 2.24) is 0 Å². The Labute approximate surface area is 144 Å². The average molecular weight is 352 g/mol. The summed E-state index contributed by atoms with van der Waals surface area (Å²) in [6, 6.07) is 5.88. The molecule has 0 bridgehead atoms. The van der Waals surface area contributed by atoms with E-state index in [-0.39, 0.29) is 30.6 Å². The van der Waals surface area contributed by atoms with Crippen molar-refractivity contribution < 1.29 is 23.9 Å². The number of methoxy groups -OCH3 is 1. The first-order valence-corrected chi connectivity index (χ1v) is 8.57. The van der Waals surface area contributed by atoms with Crippen LogP contribution in [0.25, 0.3) is 0 Å². The first-order valence-electron chi connectivity index (χ1n) is 7.52. The third-order valence-electron chi connectivity index (χ3n) is 3.50. The van der Waals surface area contributed by atoms with E-state index in [4.69, 9.17) is 15.2 Å². The summed E-state index contributed by atoms with van der Waals surface area (Å²) in [4.78, 5) is 37.3. The highest BCUT2D eigenvalue weighted by Crippen LogP contribution is 2.30. The maximum atomic E-state index is 12.5. The molecule has 1 aromatic rings. The van der Waals surface area contributed by atoms with E-state index >= 15 is 0 Å². The van der Waals surface area contributed by atoms with Gasteiger partial charge in [-0.25, -0.2) is 4.90 Å². The lowest BCUT2D eigenvalue weighted by Gasteiger charge is -2.16. The summed E-state index contributed by atoms with van der Waals surface area (Å²) in [5.41, 5.74) is 6.22. The Morgan fingerprint density at radius 3 is 2.62 bits per heavy atom. The summed E-state index contributed by atoms with van der Waals surface area (Å²) in [5.74, 6) is -0.213. The van der Waals surface area contributed by atoms with Gasteiger partial charge in [0.05, 0.1) is 24.7 Å². The van der Waals surface area contributed by atoms with E-state index in [1.165, 1.54) is 11.8 Å². The van der Waals surface area contributed by atoms with Crippen LogP contribution in [-0.4, -0.2) is 48.5 Å². The topological polar surface area (TPSA) is 98.9 Å². The van der Waals surface area contributed by atoms with Gasteiger partial charge in [-0.2, -0.15) is 0 Å². The van der Waals surface area contributed by atoms with Gasteiger partial charge in [-0.3, -0.25) is 14.4 Å². The Morgan fingerprint density at radius 1 is 1.38 bits per heavy atom. The van der Waals surface area contributed by atoms with Crippen molar-refractivity contribution in [3.63, 3.8) is 0 Å². The number of hydrogen-bond donors (Lipinski definition) is 1. The number of nitrogens with two attached hydrogens (primary N) is 1. The Morgan fingerprint density at radius 2 is 2.04 bits per heavy atom. The van der Waals surface area contributed by atoms with Gasteiger partial charge in [-0.15, -0.1) is 11.8 Å². The summed E-state index contributed by atoms with van der Waals surface area (Å²) >= 11 is 1.20. The van der Waals surface area contributed by atoms with Crippen molar-refractivity contribution in [1.29, 1.82) is 0 Å². The molecule has 8 heteroatoms. The molecule has 1 saturated heterocycles. The number of amides is 2. The summed E-state index contributed by atoms with van der Waals surface area (Å²) < 4.78 is 9.89. The number of rotatable bonds is 7. The zero-order valence-electron chi connectivity index (χ0n) is 13.6. The Hall–Kier alpha value is -2.06. The van der Waals surface area contributed by atoms with Crippen molar-refractivity contribution >= 4 is 35.2 Å². The normalized spacial score (nSPS) is 18.6. The second-order valence-corrected chi connectivity index (χ2v) is 6.39. The average Bonchev–Trinajstić information content (AvgIpc) is 2.86. The highest BCUT2D eigenvalue weighted by atomic mass is 32.2. The van der Waals surface area contributed by atoms with E-state index in [9.17, 15) is 14.4 Å². The Balaban J connectivity index is 1.99.